The molecule has 9 nitrogen and oxygen atoms in total. The Morgan fingerprint density at radius 1 is 1.26 bits per heavy atom. The number of aromatic amines is 1. The van der Waals surface area contributed by atoms with E-state index in [0.29, 0.717) is 5.95 Å². The zero-order valence-corrected chi connectivity index (χ0v) is 21.3. The number of anilines is 3. The fraction of sp³-hybridized carbons (Fsp3) is 0.583. The van der Waals surface area contributed by atoms with E-state index in [-0.39, 0.29) is 24.2 Å². The van der Waals surface area contributed by atoms with E-state index in [9.17, 15) is 4.79 Å². The minimum atomic E-state index is -0.487. The Kier molecular flexibility index (Phi) is 5.87. The second-order valence-electron chi connectivity index (χ2n) is 10.4. The number of hydrogen-bond acceptors (Lipinski definition) is 8. The first-order chi connectivity index (χ1) is 16.2. The van der Waals surface area contributed by atoms with E-state index >= 15 is 0 Å². The van der Waals surface area contributed by atoms with Gasteiger partial charge in [0.2, 0.25) is 5.95 Å². The van der Waals surface area contributed by atoms with Crippen molar-refractivity contribution in [2.45, 2.75) is 83.5 Å². The summed E-state index contributed by atoms with van der Waals surface area (Å²) in [6.45, 7) is 7.75. The summed E-state index contributed by atoms with van der Waals surface area (Å²) >= 11 is 1.61. The van der Waals surface area contributed by atoms with E-state index in [1.54, 1.807) is 11.3 Å². The predicted octanol–water partition coefficient (Wildman–Crippen LogP) is 5.22. The Morgan fingerprint density at radius 3 is 2.65 bits per heavy atom. The SMILES string of the molecule is Cc1cc(Nc2nc(N(C)C3C[C@H]4CCC[C@@H](C3)N4C(=O)OC(C)(C)C)nc3sccc23)n[nH]1. The Hall–Kier alpha value is -2.88. The molecule has 3 atom stereocenters. The Labute approximate surface area is 203 Å². The summed E-state index contributed by atoms with van der Waals surface area (Å²) < 4.78 is 5.74. The molecule has 3 aromatic heterocycles. The highest BCUT2D eigenvalue weighted by atomic mass is 32.1. The second kappa shape index (κ2) is 8.72. The Morgan fingerprint density at radius 2 is 2.00 bits per heavy atom. The van der Waals surface area contributed by atoms with E-state index < -0.39 is 5.60 Å². The molecular formula is C24H33N7O2S. The van der Waals surface area contributed by atoms with Crippen LogP contribution in [0, 0.1) is 6.92 Å². The number of carbonyl (C=O) groups is 1. The van der Waals surface area contributed by atoms with Crippen molar-refractivity contribution in [2.75, 3.05) is 17.3 Å². The van der Waals surface area contributed by atoms with E-state index in [0.717, 1.165) is 59.7 Å². The van der Waals surface area contributed by atoms with Gasteiger partial charge in [0.25, 0.3) is 0 Å². The van der Waals surface area contributed by atoms with Gasteiger partial charge in [0.1, 0.15) is 16.2 Å². The quantitative estimate of drug-likeness (QED) is 0.525. The number of carbonyl (C=O) groups excluding carboxylic acids is 1. The van der Waals surface area contributed by atoms with Gasteiger partial charge in [0.15, 0.2) is 5.82 Å². The third kappa shape index (κ3) is 4.55. The summed E-state index contributed by atoms with van der Waals surface area (Å²) in [4.78, 5) is 27.9. The second-order valence-corrected chi connectivity index (χ2v) is 11.3. The van der Waals surface area contributed by atoms with Gasteiger partial charge in [-0.05, 0) is 71.2 Å². The standard InChI is InChI=1S/C24H33N7O2S/c1-14-11-19(29-28-14)25-20-18-9-10-34-21(18)27-22(26-20)30(5)17-12-15-7-6-8-16(13-17)31(15)23(32)33-24(2,3)4/h9-11,15-17H,6-8,12-13H2,1-5H3,(H2,25,26,27,28,29)/t15-,16+,17?. The maximum atomic E-state index is 13.0. The minimum absolute atomic E-state index is 0.180. The molecule has 0 saturated carbocycles. The molecule has 3 aromatic rings. The van der Waals surface area contributed by atoms with Crippen molar-refractivity contribution in [1.29, 1.82) is 0 Å². The molecule has 1 unspecified atom stereocenters. The summed E-state index contributed by atoms with van der Waals surface area (Å²) in [5.41, 5.74) is 0.498. The zero-order chi connectivity index (χ0) is 24.0. The molecule has 0 radical (unpaired) electrons. The molecule has 34 heavy (non-hydrogen) atoms. The van der Waals surface area contributed by atoms with Crippen LogP contribution >= 0.6 is 11.3 Å². The summed E-state index contributed by atoms with van der Waals surface area (Å²) in [6.07, 6.45) is 4.77. The molecule has 10 heteroatoms. The lowest BCUT2D eigenvalue weighted by Crippen LogP contribution is -2.59. The van der Waals surface area contributed by atoms with Crippen LogP contribution < -0.4 is 10.2 Å². The molecule has 182 valence electrons. The van der Waals surface area contributed by atoms with Crippen LogP contribution in [-0.2, 0) is 4.74 Å². The third-order valence-corrected chi connectivity index (χ3v) is 7.49. The highest BCUT2D eigenvalue weighted by Gasteiger charge is 2.44. The van der Waals surface area contributed by atoms with Crippen molar-refractivity contribution in [3.8, 4) is 0 Å². The number of fused-ring (bicyclic) bond motifs is 3. The number of H-pyrrole nitrogens is 1. The van der Waals surface area contributed by atoms with E-state index in [2.05, 4.69) is 27.5 Å². The molecule has 2 aliphatic rings. The largest absolute Gasteiger partial charge is 0.444 e. The van der Waals surface area contributed by atoms with Gasteiger partial charge in [-0.25, -0.2) is 9.78 Å². The maximum Gasteiger partial charge on any atom is 0.410 e. The molecule has 5 heterocycles. The smallest absolute Gasteiger partial charge is 0.410 e. The van der Waals surface area contributed by atoms with Crippen LogP contribution in [0.5, 0.6) is 0 Å². The highest BCUT2D eigenvalue weighted by Crippen LogP contribution is 2.38. The summed E-state index contributed by atoms with van der Waals surface area (Å²) in [7, 11) is 2.07. The van der Waals surface area contributed by atoms with Crippen LogP contribution in [0.15, 0.2) is 17.5 Å². The highest BCUT2D eigenvalue weighted by molar-refractivity contribution is 7.16. The third-order valence-electron chi connectivity index (χ3n) is 6.68. The van der Waals surface area contributed by atoms with Gasteiger partial charge in [0.05, 0.1) is 5.39 Å². The number of amides is 1. The number of nitrogens with one attached hydrogen (secondary N) is 2. The fourth-order valence-electron chi connectivity index (χ4n) is 5.15. The Bertz CT molecular complexity index is 1170. The number of rotatable bonds is 4. The van der Waals surface area contributed by atoms with Crippen molar-refractivity contribution in [3.63, 3.8) is 0 Å². The van der Waals surface area contributed by atoms with Crippen molar-refractivity contribution in [2.24, 2.45) is 0 Å². The molecule has 0 aromatic carbocycles. The minimum Gasteiger partial charge on any atom is -0.444 e. The monoisotopic (exact) mass is 483 g/mol. The Balaban J connectivity index is 1.38. The first-order valence-electron chi connectivity index (χ1n) is 12.0. The number of ether oxygens (including phenoxy) is 1. The number of hydrogen-bond donors (Lipinski definition) is 2. The first-order valence-corrected chi connectivity index (χ1v) is 12.8. The zero-order valence-electron chi connectivity index (χ0n) is 20.5. The van der Waals surface area contributed by atoms with Crippen molar-refractivity contribution in [1.82, 2.24) is 25.1 Å². The average molecular weight is 484 g/mol. The molecule has 1 amide bonds. The normalized spacial score (nSPS) is 22.6. The van der Waals surface area contributed by atoms with Gasteiger partial charge in [0, 0.05) is 36.9 Å². The van der Waals surface area contributed by atoms with Crippen LogP contribution in [0.25, 0.3) is 10.2 Å². The number of aryl methyl sites for hydroxylation is 1. The van der Waals surface area contributed by atoms with Crippen LogP contribution in [0.1, 0.15) is 58.6 Å². The topological polar surface area (TPSA) is 99.3 Å². The molecule has 2 N–H and O–H groups in total. The van der Waals surface area contributed by atoms with Gasteiger partial charge in [-0.15, -0.1) is 11.3 Å². The van der Waals surface area contributed by atoms with E-state index in [1.807, 2.05) is 50.1 Å². The van der Waals surface area contributed by atoms with Crippen molar-refractivity contribution < 1.29 is 9.53 Å². The number of nitrogens with zero attached hydrogens (tertiary/aromatic N) is 5. The van der Waals surface area contributed by atoms with E-state index in [1.165, 1.54) is 0 Å². The van der Waals surface area contributed by atoms with Crippen LogP contribution in [0.3, 0.4) is 0 Å². The lowest BCUT2D eigenvalue weighted by atomic mass is 9.81. The van der Waals surface area contributed by atoms with Crippen LogP contribution in [-0.4, -0.2) is 61.9 Å². The molecule has 0 aliphatic carbocycles. The number of aromatic nitrogens is 4. The summed E-state index contributed by atoms with van der Waals surface area (Å²) in [5.74, 6) is 2.18. The van der Waals surface area contributed by atoms with Gasteiger partial charge < -0.3 is 19.9 Å². The number of thiophene rings is 1. The van der Waals surface area contributed by atoms with Crippen LogP contribution in [0.2, 0.25) is 0 Å². The average Bonchev–Trinajstić information content (AvgIpc) is 3.39. The molecular weight excluding hydrogens is 450 g/mol. The van der Waals surface area contributed by atoms with Gasteiger partial charge in [-0.2, -0.15) is 10.1 Å². The summed E-state index contributed by atoms with van der Waals surface area (Å²) in [5, 5.41) is 13.6. The van der Waals surface area contributed by atoms with Crippen molar-refractivity contribution >= 4 is 45.2 Å². The molecule has 0 spiro atoms. The van der Waals surface area contributed by atoms with Gasteiger partial charge >= 0.3 is 6.09 Å². The molecule has 2 aliphatic heterocycles. The first kappa shape index (κ1) is 22.9. The molecule has 5 rings (SSSR count). The lowest BCUT2D eigenvalue weighted by molar-refractivity contribution is -0.0213. The molecule has 2 saturated heterocycles. The molecule has 2 fully saturated rings. The predicted molar refractivity (Wildman–Crippen MR) is 135 cm³/mol. The fourth-order valence-corrected chi connectivity index (χ4v) is 5.90. The van der Waals surface area contributed by atoms with Crippen LogP contribution in [0.4, 0.5) is 22.4 Å². The van der Waals surface area contributed by atoms with E-state index in [4.69, 9.17) is 14.7 Å². The van der Waals surface area contributed by atoms with Gasteiger partial charge in [-0.3, -0.25) is 5.10 Å². The number of piperidine rings is 2. The van der Waals surface area contributed by atoms with Crippen molar-refractivity contribution in [3.05, 3.63) is 23.2 Å². The lowest BCUT2D eigenvalue weighted by Gasteiger charge is -2.50. The summed E-state index contributed by atoms with van der Waals surface area (Å²) in [6, 6.07) is 4.62. The van der Waals surface area contributed by atoms with Gasteiger partial charge in [-0.1, -0.05) is 0 Å². The molecule has 2 bridgehead atoms. The maximum absolute atomic E-state index is 13.0.